The molecule has 0 saturated heterocycles. The van der Waals surface area contributed by atoms with Gasteiger partial charge in [-0.1, -0.05) is 62.4 Å². The van der Waals surface area contributed by atoms with Gasteiger partial charge in [0.2, 0.25) is 0 Å². The van der Waals surface area contributed by atoms with Crippen molar-refractivity contribution in [2.45, 2.75) is 19.3 Å². The van der Waals surface area contributed by atoms with Gasteiger partial charge in [-0.05, 0) is 47.5 Å². The lowest BCUT2D eigenvalue weighted by molar-refractivity contribution is 0.632. The SMILES string of the molecule is CC1(C)c2ccccc2N(c2ccc(-c3ccc(C#N)c(C#N)n3)cc2)c2ccccc21. The van der Waals surface area contributed by atoms with Crippen molar-refractivity contribution in [1.29, 1.82) is 10.5 Å². The summed E-state index contributed by atoms with van der Waals surface area (Å²) < 4.78 is 0. The van der Waals surface area contributed by atoms with Crippen LogP contribution >= 0.6 is 0 Å². The van der Waals surface area contributed by atoms with Crippen molar-refractivity contribution in [3.05, 3.63) is 107 Å². The lowest BCUT2D eigenvalue weighted by Crippen LogP contribution is -2.30. The maximum Gasteiger partial charge on any atom is 0.158 e. The molecule has 4 heteroatoms. The molecule has 0 bridgehead atoms. The molecule has 0 amide bonds. The van der Waals surface area contributed by atoms with Crippen molar-refractivity contribution in [3.63, 3.8) is 0 Å². The molecule has 0 spiro atoms. The molecule has 3 aromatic carbocycles. The van der Waals surface area contributed by atoms with E-state index in [2.05, 4.69) is 84.4 Å². The topological polar surface area (TPSA) is 63.7 Å². The molecular weight excluding hydrogens is 392 g/mol. The van der Waals surface area contributed by atoms with Gasteiger partial charge < -0.3 is 4.90 Å². The summed E-state index contributed by atoms with van der Waals surface area (Å²) >= 11 is 0. The van der Waals surface area contributed by atoms with Crippen molar-refractivity contribution >= 4 is 17.1 Å². The summed E-state index contributed by atoms with van der Waals surface area (Å²) in [5, 5.41) is 18.4. The van der Waals surface area contributed by atoms with Gasteiger partial charge in [0, 0.05) is 16.7 Å². The molecule has 0 unspecified atom stereocenters. The summed E-state index contributed by atoms with van der Waals surface area (Å²) in [6, 6.07) is 32.7. The number of nitrogens with zero attached hydrogens (tertiary/aromatic N) is 4. The van der Waals surface area contributed by atoms with Crippen LogP contribution in [0.1, 0.15) is 36.2 Å². The Morgan fingerprint density at radius 3 is 1.88 bits per heavy atom. The standard InChI is InChI=1S/C28H20N4/c1-28(2)22-7-3-5-9-26(22)32(27-10-6-4-8-23(27)28)21-14-11-19(12-15-21)24-16-13-20(17-29)25(18-30)31-24/h3-16H,1-2H3. The van der Waals surface area contributed by atoms with Gasteiger partial charge in [0.25, 0.3) is 0 Å². The second-order valence-corrected chi connectivity index (χ2v) is 8.36. The molecule has 0 saturated carbocycles. The first-order valence-corrected chi connectivity index (χ1v) is 10.5. The van der Waals surface area contributed by atoms with Crippen molar-refractivity contribution in [2.24, 2.45) is 0 Å². The van der Waals surface area contributed by atoms with E-state index in [1.165, 1.54) is 22.5 Å². The summed E-state index contributed by atoms with van der Waals surface area (Å²) in [5.74, 6) is 0. The third-order valence-electron chi connectivity index (χ3n) is 6.18. The highest BCUT2D eigenvalue weighted by atomic mass is 15.2. The van der Waals surface area contributed by atoms with Gasteiger partial charge >= 0.3 is 0 Å². The summed E-state index contributed by atoms with van der Waals surface area (Å²) in [5.41, 5.74) is 7.89. The van der Waals surface area contributed by atoms with E-state index in [-0.39, 0.29) is 16.7 Å². The van der Waals surface area contributed by atoms with E-state index in [0.29, 0.717) is 5.69 Å². The molecule has 4 nitrogen and oxygen atoms in total. The fraction of sp³-hybridized carbons (Fsp3) is 0.107. The molecule has 4 aromatic rings. The fourth-order valence-electron chi connectivity index (χ4n) is 4.52. The fourth-order valence-corrected chi connectivity index (χ4v) is 4.52. The molecule has 152 valence electrons. The minimum absolute atomic E-state index is 0.0935. The van der Waals surface area contributed by atoms with E-state index in [1.54, 1.807) is 12.1 Å². The lowest BCUT2D eigenvalue weighted by Gasteiger charge is -2.42. The number of pyridine rings is 1. The highest BCUT2D eigenvalue weighted by molar-refractivity contribution is 5.86. The van der Waals surface area contributed by atoms with Crippen molar-refractivity contribution in [1.82, 2.24) is 4.98 Å². The average Bonchev–Trinajstić information content (AvgIpc) is 2.84. The quantitative estimate of drug-likeness (QED) is 0.372. The molecule has 0 atom stereocenters. The monoisotopic (exact) mass is 412 g/mol. The Morgan fingerprint density at radius 2 is 1.31 bits per heavy atom. The first-order chi connectivity index (χ1) is 15.5. The van der Waals surface area contributed by atoms with Crippen LogP contribution in [0.25, 0.3) is 11.3 Å². The molecule has 2 heterocycles. The number of para-hydroxylation sites is 2. The van der Waals surface area contributed by atoms with Crippen LogP contribution < -0.4 is 4.90 Å². The second-order valence-electron chi connectivity index (χ2n) is 8.36. The van der Waals surface area contributed by atoms with Gasteiger partial charge in [0.05, 0.1) is 22.6 Å². The molecule has 1 aromatic heterocycles. The Kier molecular flexibility index (Phi) is 4.51. The molecule has 0 fully saturated rings. The van der Waals surface area contributed by atoms with E-state index in [1.807, 2.05) is 24.3 Å². The van der Waals surface area contributed by atoms with Gasteiger partial charge in [-0.3, -0.25) is 0 Å². The van der Waals surface area contributed by atoms with Crippen LogP contribution in [0.2, 0.25) is 0 Å². The Labute approximate surface area is 187 Å². The molecule has 0 N–H and O–H groups in total. The number of anilines is 3. The second kappa shape index (κ2) is 7.38. The Balaban J connectivity index is 1.62. The predicted octanol–water partition coefficient (Wildman–Crippen LogP) is 6.60. The smallest absolute Gasteiger partial charge is 0.158 e. The zero-order valence-electron chi connectivity index (χ0n) is 17.9. The van der Waals surface area contributed by atoms with E-state index >= 15 is 0 Å². The van der Waals surface area contributed by atoms with Gasteiger partial charge in [-0.15, -0.1) is 0 Å². The molecule has 1 aliphatic rings. The highest BCUT2D eigenvalue weighted by Crippen LogP contribution is 2.51. The van der Waals surface area contributed by atoms with Gasteiger partial charge in [-0.2, -0.15) is 10.5 Å². The highest BCUT2D eigenvalue weighted by Gasteiger charge is 2.36. The number of benzene rings is 3. The van der Waals surface area contributed by atoms with E-state index in [9.17, 15) is 5.26 Å². The molecule has 0 radical (unpaired) electrons. The van der Waals surface area contributed by atoms with Crippen LogP contribution in [-0.4, -0.2) is 4.98 Å². The number of hydrogen-bond donors (Lipinski definition) is 0. The summed E-state index contributed by atoms with van der Waals surface area (Å²) in [6.07, 6.45) is 0. The van der Waals surface area contributed by atoms with Crippen LogP contribution in [0.3, 0.4) is 0 Å². The number of aromatic nitrogens is 1. The summed E-state index contributed by atoms with van der Waals surface area (Å²) in [4.78, 5) is 6.67. The number of fused-ring (bicyclic) bond motifs is 2. The van der Waals surface area contributed by atoms with E-state index < -0.39 is 0 Å². The normalized spacial score (nSPS) is 13.4. The maximum absolute atomic E-state index is 9.29. The van der Waals surface area contributed by atoms with Crippen LogP contribution in [0.5, 0.6) is 0 Å². The van der Waals surface area contributed by atoms with Crippen LogP contribution in [0, 0.1) is 22.7 Å². The minimum atomic E-state index is -0.0935. The largest absolute Gasteiger partial charge is 0.310 e. The third kappa shape index (κ3) is 2.94. The van der Waals surface area contributed by atoms with Crippen LogP contribution in [-0.2, 0) is 5.41 Å². The van der Waals surface area contributed by atoms with Crippen molar-refractivity contribution in [2.75, 3.05) is 4.90 Å². The van der Waals surface area contributed by atoms with Gasteiger partial charge in [-0.25, -0.2) is 4.98 Å². The van der Waals surface area contributed by atoms with E-state index in [0.717, 1.165) is 11.3 Å². The van der Waals surface area contributed by atoms with Gasteiger partial charge in [0.15, 0.2) is 5.69 Å². The number of rotatable bonds is 2. The zero-order valence-corrected chi connectivity index (χ0v) is 17.9. The molecule has 32 heavy (non-hydrogen) atoms. The summed E-state index contributed by atoms with van der Waals surface area (Å²) in [6.45, 7) is 4.54. The Hall–Kier alpha value is -4.41. The molecule has 0 aliphatic carbocycles. The lowest BCUT2D eigenvalue weighted by atomic mass is 9.73. The zero-order chi connectivity index (χ0) is 22.3. The number of hydrogen-bond acceptors (Lipinski definition) is 4. The summed E-state index contributed by atoms with van der Waals surface area (Å²) in [7, 11) is 0. The Morgan fingerprint density at radius 1 is 0.719 bits per heavy atom. The van der Waals surface area contributed by atoms with Crippen molar-refractivity contribution < 1.29 is 0 Å². The average molecular weight is 412 g/mol. The molecule has 1 aliphatic heterocycles. The molecular formula is C28H20N4. The molecule has 5 rings (SSSR count). The van der Waals surface area contributed by atoms with Crippen LogP contribution in [0.4, 0.5) is 17.1 Å². The maximum atomic E-state index is 9.29. The first-order valence-electron chi connectivity index (χ1n) is 10.5. The van der Waals surface area contributed by atoms with Gasteiger partial charge in [0.1, 0.15) is 12.1 Å². The number of nitriles is 2. The Bertz CT molecular complexity index is 1370. The van der Waals surface area contributed by atoms with Crippen molar-refractivity contribution in [3.8, 4) is 23.4 Å². The third-order valence-corrected chi connectivity index (χ3v) is 6.18. The first kappa shape index (κ1) is 19.5. The predicted molar refractivity (Wildman–Crippen MR) is 126 cm³/mol. The van der Waals surface area contributed by atoms with Crippen LogP contribution in [0.15, 0.2) is 84.9 Å². The minimum Gasteiger partial charge on any atom is -0.310 e. The van der Waals surface area contributed by atoms with E-state index in [4.69, 9.17) is 5.26 Å².